The van der Waals surface area contributed by atoms with Crippen molar-refractivity contribution in [2.45, 2.75) is 69.4 Å². The van der Waals surface area contributed by atoms with E-state index in [4.69, 9.17) is 5.73 Å². The number of rotatable bonds is 18. The number of nitrogens with two attached hydrogens (primary N) is 1. The van der Waals surface area contributed by atoms with Crippen molar-refractivity contribution in [3.05, 3.63) is 29.8 Å². The molecule has 1 aromatic rings. The van der Waals surface area contributed by atoms with Crippen LogP contribution in [0.4, 0.5) is 0 Å². The standard InChI is InChI=1S/C30H44N8O11S/c1-15(26(44)32-12-23(42)36-20(30(48)49)10-17-5-7-18(40)8-6-17)35-22(41)11-34-28(46)21-4-3-9-38(21)29(47)25(16(2)39)37-24(43)13-33-27(45)19(31)14-50/h5-8,15-16,19-21,25,39-40,50H,3-4,9-14,31H2,1-2H3,(H,32,44)(H,33,45)(H,34,46)(H,35,41)(H,36,42)(H,37,43)(H,48,49)/t15-,16+,19-,20-,21-,25-/m0/s1. The van der Waals surface area contributed by atoms with Gasteiger partial charge < -0.3 is 57.9 Å². The molecule has 11 N–H and O–H groups in total. The summed E-state index contributed by atoms with van der Waals surface area (Å²) in [4.78, 5) is 100. The van der Waals surface area contributed by atoms with Gasteiger partial charge in [0.2, 0.25) is 41.4 Å². The Morgan fingerprint density at radius 1 is 0.880 bits per heavy atom. The van der Waals surface area contributed by atoms with Crippen molar-refractivity contribution in [1.29, 1.82) is 0 Å². The first-order valence-corrected chi connectivity index (χ1v) is 16.2. The van der Waals surface area contributed by atoms with Crippen molar-refractivity contribution in [3.8, 4) is 5.75 Å². The monoisotopic (exact) mass is 724 g/mol. The molecule has 2 rings (SSSR count). The number of hydrogen-bond acceptors (Lipinski definition) is 12. The van der Waals surface area contributed by atoms with Gasteiger partial charge in [0.1, 0.15) is 29.9 Å². The number of thiol groups is 1. The normalized spacial score (nSPS) is 16.8. The number of phenolic OH excluding ortho intramolecular Hbond substituents is 1. The first kappa shape index (κ1) is 41.2. The number of aromatic hydroxyl groups is 1. The molecule has 19 nitrogen and oxygen atoms in total. The number of hydrogen-bond donors (Lipinski definition) is 11. The molecule has 20 heteroatoms. The first-order chi connectivity index (χ1) is 23.5. The molecular formula is C30H44N8O11S. The highest BCUT2D eigenvalue weighted by Gasteiger charge is 2.39. The lowest BCUT2D eigenvalue weighted by Gasteiger charge is -2.30. The fourth-order valence-corrected chi connectivity index (χ4v) is 4.92. The van der Waals surface area contributed by atoms with Crippen molar-refractivity contribution >= 4 is 59.9 Å². The second-order valence-corrected chi connectivity index (χ2v) is 11.9. The number of aliphatic hydroxyl groups is 1. The third-order valence-corrected chi connectivity index (χ3v) is 7.88. The molecule has 0 bridgehead atoms. The molecule has 0 spiro atoms. The lowest BCUT2D eigenvalue weighted by atomic mass is 10.1. The maximum absolute atomic E-state index is 13.2. The third kappa shape index (κ3) is 13.2. The molecular weight excluding hydrogens is 680 g/mol. The molecule has 1 fully saturated rings. The average molecular weight is 725 g/mol. The minimum atomic E-state index is -1.44. The van der Waals surface area contributed by atoms with Gasteiger partial charge in [-0.2, -0.15) is 12.6 Å². The van der Waals surface area contributed by atoms with E-state index < -0.39 is 103 Å². The summed E-state index contributed by atoms with van der Waals surface area (Å²) >= 11 is 3.90. The molecule has 6 atom stereocenters. The number of carbonyl (C=O) groups is 8. The summed E-state index contributed by atoms with van der Waals surface area (Å²) < 4.78 is 0. The molecule has 1 aromatic carbocycles. The maximum Gasteiger partial charge on any atom is 0.326 e. The van der Waals surface area contributed by atoms with E-state index in [9.17, 15) is 53.7 Å². The van der Waals surface area contributed by atoms with E-state index in [2.05, 4.69) is 44.5 Å². The van der Waals surface area contributed by atoms with Crippen LogP contribution in [-0.4, -0.2) is 136 Å². The predicted molar refractivity (Wildman–Crippen MR) is 178 cm³/mol. The van der Waals surface area contributed by atoms with Gasteiger partial charge in [-0.25, -0.2) is 4.79 Å². The minimum Gasteiger partial charge on any atom is -0.508 e. The van der Waals surface area contributed by atoms with Crippen LogP contribution in [0.15, 0.2) is 24.3 Å². The highest BCUT2D eigenvalue weighted by atomic mass is 32.1. The summed E-state index contributed by atoms with van der Waals surface area (Å²) in [6.07, 6.45) is -0.787. The zero-order valence-electron chi connectivity index (χ0n) is 27.5. The van der Waals surface area contributed by atoms with Crippen molar-refractivity contribution in [1.82, 2.24) is 36.8 Å². The Hall–Kier alpha value is -4.95. The zero-order chi connectivity index (χ0) is 37.5. The molecule has 0 radical (unpaired) electrons. The topological polar surface area (TPSA) is 299 Å². The SMILES string of the molecule is C[C@H](NC(=O)CNC(=O)[C@@H]1CCCN1C(=O)[C@@H](NC(=O)CNC(=O)[C@@H](N)CS)[C@@H](C)O)C(=O)NCC(=O)N[C@@H](Cc1ccc(O)cc1)C(=O)O. The largest absolute Gasteiger partial charge is 0.508 e. The molecule has 0 unspecified atom stereocenters. The van der Waals surface area contributed by atoms with Gasteiger partial charge in [-0.05, 0) is 44.4 Å². The van der Waals surface area contributed by atoms with Gasteiger partial charge in [0.15, 0.2) is 0 Å². The van der Waals surface area contributed by atoms with E-state index in [1.165, 1.54) is 43.0 Å². The summed E-state index contributed by atoms with van der Waals surface area (Å²) in [7, 11) is 0. The predicted octanol–water partition coefficient (Wildman–Crippen LogP) is -4.53. The second-order valence-electron chi connectivity index (χ2n) is 11.5. The van der Waals surface area contributed by atoms with Crippen LogP contribution in [0.5, 0.6) is 5.75 Å². The Balaban J connectivity index is 1.83. The maximum atomic E-state index is 13.2. The molecule has 0 saturated carbocycles. The summed E-state index contributed by atoms with van der Waals surface area (Å²) in [6.45, 7) is 1.03. The van der Waals surface area contributed by atoms with E-state index in [-0.39, 0.29) is 30.9 Å². The summed E-state index contributed by atoms with van der Waals surface area (Å²) in [6, 6.07) is -0.134. The van der Waals surface area contributed by atoms with Gasteiger partial charge in [-0.3, -0.25) is 33.6 Å². The van der Waals surface area contributed by atoms with Crippen molar-refractivity contribution in [2.75, 3.05) is 31.9 Å². The van der Waals surface area contributed by atoms with E-state index in [0.29, 0.717) is 12.0 Å². The molecule has 50 heavy (non-hydrogen) atoms. The number of aliphatic carboxylic acids is 1. The number of nitrogens with zero attached hydrogens (tertiary/aromatic N) is 1. The van der Waals surface area contributed by atoms with E-state index in [1.54, 1.807) is 0 Å². The Bertz CT molecular complexity index is 1410. The fourth-order valence-electron chi connectivity index (χ4n) is 4.75. The van der Waals surface area contributed by atoms with Gasteiger partial charge in [-0.1, -0.05) is 12.1 Å². The smallest absolute Gasteiger partial charge is 0.326 e. The highest BCUT2D eigenvalue weighted by Crippen LogP contribution is 2.19. The number of benzene rings is 1. The number of phenols is 1. The fraction of sp³-hybridized carbons (Fsp3) is 0.533. The molecule has 1 saturated heterocycles. The Morgan fingerprint density at radius 3 is 2.02 bits per heavy atom. The van der Waals surface area contributed by atoms with Crippen LogP contribution in [0.3, 0.4) is 0 Å². The van der Waals surface area contributed by atoms with Crippen LogP contribution in [0.2, 0.25) is 0 Å². The summed E-state index contributed by atoms with van der Waals surface area (Å²) in [5.41, 5.74) is 6.08. The Kier molecular flexibility index (Phi) is 16.4. The molecule has 0 aliphatic carbocycles. The number of likely N-dealkylation sites (tertiary alicyclic amines) is 1. The summed E-state index contributed by atoms with van der Waals surface area (Å²) in [5.74, 6) is -6.48. The van der Waals surface area contributed by atoms with Gasteiger partial charge in [0.25, 0.3) is 0 Å². The van der Waals surface area contributed by atoms with Crippen LogP contribution in [-0.2, 0) is 44.8 Å². The van der Waals surface area contributed by atoms with Crippen molar-refractivity contribution in [3.63, 3.8) is 0 Å². The Labute approximate surface area is 292 Å². The van der Waals surface area contributed by atoms with Gasteiger partial charge in [0, 0.05) is 18.7 Å². The Morgan fingerprint density at radius 2 is 1.44 bits per heavy atom. The van der Waals surface area contributed by atoms with Gasteiger partial charge in [0.05, 0.1) is 31.8 Å². The van der Waals surface area contributed by atoms with Gasteiger partial charge in [-0.15, -0.1) is 0 Å². The molecule has 7 amide bonds. The van der Waals surface area contributed by atoms with E-state index >= 15 is 0 Å². The number of amides is 7. The average Bonchev–Trinajstić information content (AvgIpc) is 3.57. The summed E-state index contributed by atoms with van der Waals surface area (Å²) in [5, 5.41) is 43.0. The van der Waals surface area contributed by atoms with Crippen molar-refractivity contribution < 1.29 is 53.7 Å². The molecule has 276 valence electrons. The quantitative estimate of drug-likeness (QED) is 0.0639. The van der Waals surface area contributed by atoms with E-state index in [1.807, 2.05) is 0 Å². The van der Waals surface area contributed by atoms with Crippen molar-refractivity contribution in [2.24, 2.45) is 5.73 Å². The number of nitrogens with one attached hydrogen (secondary N) is 6. The molecule has 1 aliphatic heterocycles. The van der Waals surface area contributed by atoms with Crippen LogP contribution in [0, 0.1) is 0 Å². The van der Waals surface area contributed by atoms with E-state index in [0.717, 1.165) is 0 Å². The number of aliphatic hydroxyl groups excluding tert-OH is 1. The van der Waals surface area contributed by atoms with Gasteiger partial charge >= 0.3 is 5.97 Å². The lowest BCUT2D eigenvalue weighted by molar-refractivity contribution is -0.144. The molecule has 1 heterocycles. The first-order valence-electron chi connectivity index (χ1n) is 15.6. The lowest BCUT2D eigenvalue weighted by Crippen LogP contribution is -2.58. The van der Waals surface area contributed by atoms with Crippen LogP contribution >= 0.6 is 12.6 Å². The number of carboxylic acid groups (broad SMARTS) is 1. The second kappa shape index (κ2) is 19.9. The molecule has 0 aromatic heterocycles. The van der Waals surface area contributed by atoms with Crippen LogP contribution < -0.4 is 37.6 Å². The highest BCUT2D eigenvalue weighted by molar-refractivity contribution is 7.80. The minimum absolute atomic E-state index is 0.00752. The number of carbonyl (C=O) groups excluding carboxylic acids is 7. The van der Waals surface area contributed by atoms with Crippen LogP contribution in [0.1, 0.15) is 32.3 Å². The zero-order valence-corrected chi connectivity index (χ0v) is 28.4. The van der Waals surface area contributed by atoms with Crippen LogP contribution in [0.25, 0.3) is 0 Å². The molecule has 1 aliphatic rings. The number of carboxylic acids is 1. The third-order valence-electron chi connectivity index (χ3n) is 7.49.